The number of hydrogen-bond acceptors (Lipinski definition) is 2. The highest BCUT2D eigenvalue weighted by atomic mass is 35.5. The van der Waals surface area contributed by atoms with Gasteiger partial charge in [0.25, 0.3) is 0 Å². The fourth-order valence-electron chi connectivity index (χ4n) is 1.38. The second kappa shape index (κ2) is 5.80. The molecule has 0 aliphatic carbocycles. The van der Waals surface area contributed by atoms with Crippen molar-refractivity contribution in [2.75, 3.05) is 6.54 Å². The Labute approximate surface area is 122 Å². The summed E-state index contributed by atoms with van der Waals surface area (Å²) in [6.07, 6.45) is 0. The molecule has 0 aromatic heterocycles. The van der Waals surface area contributed by atoms with Crippen molar-refractivity contribution in [2.45, 2.75) is 18.7 Å². The lowest BCUT2D eigenvalue weighted by molar-refractivity contribution is 0.584. The Morgan fingerprint density at radius 1 is 1.39 bits per heavy atom. The monoisotopic (exact) mass is 327 g/mol. The molecule has 0 aliphatic rings. The first kappa shape index (κ1) is 15.8. The lowest BCUT2D eigenvalue weighted by atomic mass is 10.2. The van der Waals surface area contributed by atoms with Gasteiger partial charge in [0.2, 0.25) is 10.0 Å². The summed E-state index contributed by atoms with van der Waals surface area (Å²) in [5.41, 5.74) is 0.997. The van der Waals surface area contributed by atoms with Gasteiger partial charge in [0.05, 0.1) is 5.02 Å². The van der Waals surface area contributed by atoms with E-state index in [0.29, 0.717) is 16.1 Å². The summed E-state index contributed by atoms with van der Waals surface area (Å²) in [5.74, 6) is 0. The minimum Gasteiger partial charge on any atom is -0.207 e. The van der Waals surface area contributed by atoms with Gasteiger partial charge in [0, 0.05) is 16.6 Å². The summed E-state index contributed by atoms with van der Waals surface area (Å²) in [5, 5.41) is 0.692. The molecular weight excluding hydrogens is 317 g/mol. The molecule has 1 aromatic carbocycles. The van der Waals surface area contributed by atoms with E-state index < -0.39 is 10.0 Å². The molecule has 0 amide bonds. The molecule has 0 saturated carbocycles. The summed E-state index contributed by atoms with van der Waals surface area (Å²) >= 11 is 17.5. The van der Waals surface area contributed by atoms with Crippen molar-refractivity contribution in [2.24, 2.45) is 0 Å². The number of halogens is 3. The molecule has 0 spiro atoms. The summed E-state index contributed by atoms with van der Waals surface area (Å²) < 4.78 is 26.6. The van der Waals surface area contributed by atoms with Gasteiger partial charge >= 0.3 is 0 Å². The summed E-state index contributed by atoms with van der Waals surface area (Å²) in [6.45, 7) is 6.63. The lowest BCUT2D eigenvalue weighted by Crippen LogP contribution is -2.26. The molecule has 1 rings (SSSR count). The second-order valence-electron chi connectivity index (χ2n) is 3.79. The maximum atomic E-state index is 12.1. The van der Waals surface area contributed by atoms with E-state index in [-0.39, 0.29) is 21.5 Å². The van der Waals surface area contributed by atoms with E-state index in [1.165, 1.54) is 0 Å². The Kier molecular flexibility index (Phi) is 5.09. The fraction of sp³-hybridized carbons (Fsp3) is 0.273. The molecule has 7 heteroatoms. The van der Waals surface area contributed by atoms with Crippen molar-refractivity contribution in [1.29, 1.82) is 0 Å². The fourth-order valence-corrected chi connectivity index (χ4v) is 3.76. The molecule has 0 heterocycles. The highest BCUT2D eigenvalue weighted by Crippen LogP contribution is 2.33. The topological polar surface area (TPSA) is 46.2 Å². The van der Waals surface area contributed by atoms with E-state index in [1.54, 1.807) is 19.9 Å². The van der Waals surface area contributed by atoms with Crippen molar-refractivity contribution in [3.63, 3.8) is 0 Å². The van der Waals surface area contributed by atoms with Gasteiger partial charge in [-0.25, -0.2) is 13.1 Å². The number of aryl methyl sites for hydroxylation is 1. The van der Waals surface area contributed by atoms with Crippen LogP contribution in [-0.4, -0.2) is 15.0 Å². The molecule has 100 valence electrons. The largest absolute Gasteiger partial charge is 0.242 e. The van der Waals surface area contributed by atoms with Crippen molar-refractivity contribution in [1.82, 2.24) is 4.72 Å². The number of sulfonamides is 1. The van der Waals surface area contributed by atoms with E-state index in [4.69, 9.17) is 34.8 Å². The van der Waals surface area contributed by atoms with Crippen molar-refractivity contribution in [3.8, 4) is 0 Å². The summed E-state index contributed by atoms with van der Waals surface area (Å²) in [6, 6.07) is 1.62. The van der Waals surface area contributed by atoms with Gasteiger partial charge in [0.1, 0.15) is 4.90 Å². The molecule has 0 radical (unpaired) electrons. The third-order valence-electron chi connectivity index (χ3n) is 2.31. The third-order valence-corrected chi connectivity index (χ3v) is 5.01. The number of nitrogens with one attached hydrogen (secondary N) is 1. The van der Waals surface area contributed by atoms with Crippen LogP contribution < -0.4 is 4.72 Å². The van der Waals surface area contributed by atoms with Gasteiger partial charge in [-0.05, 0) is 31.0 Å². The standard InChI is InChI=1S/C11H12Cl3NO2S/c1-6-4-9(13)8(3)11(10(6)14)18(16,17)15-5-7(2)12/h4,15H,2,5H2,1,3H3. The second-order valence-corrected chi connectivity index (χ2v) is 6.81. The zero-order chi connectivity index (χ0) is 14.1. The van der Waals surface area contributed by atoms with Crippen LogP contribution in [0.3, 0.4) is 0 Å². The lowest BCUT2D eigenvalue weighted by Gasteiger charge is -2.13. The molecule has 0 saturated heterocycles. The number of benzene rings is 1. The van der Waals surface area contributed by atoms with Crippen molar-refractivity contribution >= 4 is 44.8 Å². The minimum absolute atomic E-state index is 0.0212. The van der Waals surface area contributed by atoms with E-state index in [1.807, 2.05) is 0 Å². The molecule has 1 N–H and O–H groups in total. The van der Waals surface area contributed by atoms with E-state index >= 15 is 0 Å². The SMILES string of the molecule is C=C(Cl)CNS(=O)(=O)c1c(C)c(Cl)cc(C)c1Cl. The number of rotatable bonds is 4. The van der Waals surface area contributed by atoms with Crippen LogP contribution in [0.15, 0.2) is 22.6 Å². The van der Waals surface area contributed by atoms with Gasteiger partial charge in [-0.15, -0.1) is 0 Å². The van der Waals surface area contributed by atoms with Gasteiger partial charge in [-0.3, -0.25) is 0 Å². The molecule has 3 nitrogen and oxygen atoms in total. The minimum atomic E-state index is -3.77. The maximum absolute atomic E-state index is 12.1. The quantitative estimate of drug-likeness (QED) is 0.917. The van der Waals surface area contributed by atoms with Crippen LogP contribution in [0.5, 0.6) is 0 Å². The Morgan fingerprint density at radius 3 is 2.44 bits per heavy atom. The molecule has 0 fully saturated rings. The molecular formula is C11H12Cl3NO2S. The average Bonchev–Trinajstić information content (AvgIpc) is 2.24. The molecule has 0 atom stereocenters. The Morgan fingerprint density at radius 2 is 1.94 bits per heavy atom. The van der Waals surface area contributed by atoms with Crippen LogP contribution in [0.2, 0.25) is 10.0 Å². The highest BCUT2D eigenvalue weighted by Gasteiger charge is 2.23. The van der Waals surface area contributed by atoms with Gasteiger partial charge in [-0.1, -0.05) is 41.4 Å². The maximum Gasteiger partial charge on any atom is 0.242 e. The van der Waals surface area contributed by atoms with Crippen LogP contribution >= 0.6 is 34.8 Å². The molecule has 1 aromatic rings. The molecule has 0 unspecified atom stereocenters. The summed E-state index contributed by atoms with van der Waals surface area (Å²) in [7, 11) is -3.77. The third kappa shape index (κ3) is 3.39. The predicted molar refractivity (Wildman–Crippen MR) is 76.1 cm³/mol. The van der Waals surface area contributed by atoms with Crippen molar-refractivity contribution < 1.29 is 8.42 Å². The summed E-state index contributed by atoms with van der Waals surface area (Å²) in [4.78, 5) is -0.0212. The molecule has 0 bridgehead atoms. The van der Waals surface area contributed by atoms with Crippen LogP contribution in [-0.2, 0) is 10.0 Å². The Hall–Kier alpha value is -0.260. The van der Waals surface area contributed by atoms with Crippen LogP contribution in [0.1, 0.15) is 11.1 Å². The van der Waals surface area contributed by atoms with Gasteiger partial charge < -0.3 is 0 Å². The Bertz CT molecular complexity index is 571. The zero-order valence-corrected chi connectivity index (χ0v) is 12.9. The normalized spacial score (nSPS) is 11.6. The predicted octanol–water partition coefficient (Wildman–Crippen LogP) is 3.64. The number of hydrogen-bond donors (Lipinski definition) is 1. The zero-order valence-electron chi connectivity index (χ0n) is 9.85. The highest BCUT2D eigenvalue weighted by molar-refractivity contribution is 7.89. The van der Waals surface area contributed by atoms with Crippen LogP contribution in [0.25, 0.3) is 0 Å². The first-order valence-electron chi connectivity index (χ1n) is 4.95. The van der Waals surface area contributed by atoms with Crippen molar-refractivity contribution in [3.05, 3.63) is 38.8 Å². The van der Waals surface area contributed by atoms with Crippen LogP contribution in [0, 0.1) is 13.8 Å². The van der Waals surface area contributed by atoms with Gasteiger partial charge in [0.15, 0.2) is 0 Å². The van der Waals surface area contributed by atoms with E-state index in [0.717, 1.165) is 0 Å². The van der Waals surface area contributed by atoms with E-state index in [2.05, 4.69) is 11.3 Å². The molecule has 18 heavy (non-hydrogen) atoms. The smallest absolute Gasteiger partial charge is 0.207 e. The first-order chi connectivity index (χ1) is 8.16. The Balaban J connectivity index is 3.36. The van der Waals surface area contributed by atoms with Crippen LogP contribution in [0.4, 0.5) is 0 Å². The molecule has 0 aliphatic heterocycles. The average molecular weight is 329 g/mol. The van der Waals surface area contributed by atoms with Gasteiger partial charge in [-0.2, -0.15) is 0 Å². The first-order valence-corrected chi connectivity index (χ1v) is 7.56. The van der Waals surface area contributed by atoms with E-state index in [9.17, 15) is 8.42 Å².